The molecular weight excluding hydrogens is 298 g/mol. The van der Waals surface area contributed by atoms with Gasteiger partial charge >= 0.3 is 6.09 Å². The van der Waals surface area contributed by atoms with Gasteiger partial charge in [-0.2, -0.15) is 5.10 Å². The van der Waals surface area contributed by atoms with Gasteiger partial charge < -0.3 is 4.74 Å². The van der Waals surface area contributed by atoms with Crippen molar-refractivity contribution in [3.63, 3.8) is 0 Å². The molecule has 6 heteroatoms. The van der Waals surface area contributed by atoms with Gasteiger partial charge in [-0.1, -0.05) is 15.9 Å². The maximum atomic E-state index is 11.7. The van der Waals surface area contributed by atoms with Crippen molar-refractivity contribution in [3.05, 3.63) is 22.7 Å². The molecule has 1 aromatic heterocycles. The lowest BCUT2D eigenvalue weighted by Gasteiger charge is -2.19. The third-order valence-electron chi connectivity index (χ3n) is 2.14. The topological polar surface area (TPSA) is 67.0 Å². The Balaban J connectivity index is 2.22. The number of aromatic amines is 1. The van der Waals surface area contributed by atoms with Gasteiger partial charge in [0.1, 0.15) is 5.60 Å². The van der Waals surface area contributed by atoms with Crippen molar-refractivity contribution in [2.75, 3.05) is 5.32 Å². The number of hydrogen-bond donors (Lipinski definition) is 2. The number of halogens is 1. The molecule has 0 bridgehead atoms. The Morgan fingerprint density at radius 1 is 1.44 bits per heavy atom. The van der Waals surface area contributed by atoms with Crippen LogP contribution >= 0.6 is 15.9 Å². The third kappa shape index (κ3) is 3.01. The molecule has 2 N–H and O–H groups in total. The molecule has 0 fully saturated rings. The molecule has 0 atom stereocenters. The summed E-state index contributed by atoms with van der Waals surface area (Å²) >= 11 is 3.38. The van der Waals surface area contributed by atoms with E-state index in [1.165, 1.54) is 0 Å². The van der Waals surface area contributed by atoms with E-state index >= 15 is 0 Å². The molecule has 18 heavy (non-hydrogen) atoms. The summed E-state index contributed by atoms with van der Waals surface area (Å²) in [6.45, 7) is 5.43. The Bertz CT molecular complexity index is 587. The fourth-order valence-corrected chi connectivity index (χ4v) is 1.84. The first-order valence-electron chi connectivity index (χ1n) is 5.49. The van der Waals surface area contributed by atoms with Gasteiger partial charge in [-0.25, -0.2) is 4.79 Å². The second-order valence-electron chi connectivity index (χ2n) is 4.89. The molecule has 1 amide bonds. The van der Waals surface area contributed by atoms with E-state index in [0.717, 1.165) is 15.4 Å². The zero-order valence-corrected chi connectivity index (χ0v) is 12.0. The van der Waals surface area contributed by atoms with E-state index in [1.54, 1.807) is 0 Å². The predicted octanol–water partition coefficient (Wildman–Crippen LogP) is 3.67. The number of H-pyrrole nitrogens is 1. The SMILES string of the molecule is CC(C)(C)OC(=O)Nc1n[nH]c2ccc(Br)cc12. The number of nitrogens with zero attached hydrogens (tertiary/aromatic N) is 1. The minimum atomic E-state index is -0.531. The van der Waals surface area contributed by atoms with E-state index in [9.17, 15) is 4.79 Å². The van der Waals surface area contributed by atoms with Gasteiger partial charge in [0.25, 0.3) is 0 Å². The van der Waals surface area contributed by atoms with Gasteiger partial charge in [0.2, 0.25) is 0 Å². The normalized spacial score (nSPS) is 11.6. The van der Waals surface area contributed by atoms with Crippen LogP contribution in [0.2, 0.25) is 0 Å². The minimum Gasteiger partial charge on any atom is -0.444 e. The zero-order chi connectivity index (χ0) is 13.3. The average Bonchev–Trinajstić information content (AvgIpc) is 2.58. The summed E-state index contributed by atoms with van der Waals surface area (Å²) in [6, 6.07) is 5.66. The summed E-state index contributed by atoms with van der Waals surface area (Å²) < 4.78 is 6.09. The highest BCUT2D eigenvalue weighted by atomic mass is 79.9. The molecule has 0 saturated heterocycles. The molecule has 0 spiro atoms. The Hall–Kier alpha value is -1.56. The van der Waals surface area contributed by atoms with Crippen LogP contribution in [0.4, 0.5) is 10.6 Å². The van der Waals surface area contributed by atoms with E-state index in [1.807, 2.05) is 39.0 Å². The Kier molecular flexibility index (Phi) is 3.30. The van der Waals surface area contributed by atoms with E-state index in [2.05, 4.69) is 31.4 Å². The molecule has 0 aliphatic carbocycles. The number of amides is 1. The fraction of sp³-hybridized carbons (Fsp3) is 0.333. The van der Waals surface area contributed by atoms with Gasteiger partial charge in [-0.15, -0.1) is 0 Å². The van der Waals surface area contributed by atoms with Crippen molar-refractivity contribution in [2.24, 2.45) is 0 Å². The number of fused-ring (bicyclic) bond motifs is 1. The molecule has 96 valence electrons. The van der Waals surface area contributed by atoms with Gasteiger partial charge in [-0.3, -0.25) is 10.4 Å². The Morgan fingerprint density at radius 3 is 2.83 bits per heavy atom. The maximum Gasteiger partial charge on any atom is 0.413 e. The lowest BCUT2D eigenvalue weighted by atomic mass is 10.2. The number of nitrogens with one attached hydrogen (secondary N) is 2. The summed E-state index contributed by atoms with van der Waals surface area (Å²) in [5.74, 6) is 0.459. The van der Waals surface area contributed by atoms with Crippen LogP contribution in [0.15, 0.2) is 22.7 Å². The van der Waals surface area contributed by atoms with E-state index in [4.69, 9.17) is 4.74 Å². The molecule has 0 aliphatic heterocycles. The summed E-state index contributed by atoms with van der Waals surface area (Å²) in [5, 5.41) is 10.3. The van der Waals surface area contributed by atoms with Crippen LogP contribution < -0.4 is 5.32 Å². The number of benzene rings is 1. The fourth-order valence-electron chi connectivity index (χ4n) is 1.48. The van der Waals surface area contributed by atoms with Gasteiger partial charge in [0.05, 0.1) is 5.52 Å². The summed E-state index contributed by atoms with van der Waals surface area (Å²) in [4.78, 5) is 11.7. The summed E-state index contributed by atoms with van der Waals surface area (Å²) in [6.07, 6.45) is -0.518. The number of carbonyl (C=O) groups is 1. The van der Waals surface area contributed by atoms with Crippen molar-refractivity contribution in [1.29, 1.82) is 0 Å². The maximum absolute atomic E-state index is 11.7. The molecule has 0 radical (unpaired) electrons. The van der Waals surface area contributed by atoms with Gasteiger partial charge in [0.15, 0.2) is 5.82 Å². The third-order valence-corrected chi connectivity index (χ3v) is 2.64. The minimum absolute atomic E-state index is 0.459. The lowest BCUT2D eigenvalue weighted by Crippen LogP contribution is -2.27. The highest BCUT2D eigenvalue weighted by Crippen LogP contribution is 2.24. The van der Waals surface area contributed by atoms with Crippen LogP contribution in [-0.2, 0) is 4.74 Å². The molecule has 2 rings (SSSR count). The van der Waals surface area contributed by atoms with E-state index in [-0.39, 0.29) is 0 Å². The second-order valence-corrected chi connectivity index (χ2v) is 5.80. The summed E-state index contributed by atoms with van der Waals surface area (Å²) in [7, 11) is 0. The van der Waals surface area contributed by atoms with E-state index < -0.39 is 11.7 Å². The van der Waals surface area contributed by atoms with Crippen molar-refractivity contribution in [2.45, 2.75) is 26.4 Å². The number of carbonyl (C=O) groups excluding carboxylic acids is 1. The van der Waals surface area contributed by atoms with Crippen LogP contribution in [0.5, 0.6) is 0 Å². The highest BCUT2D eigenvalue weighted by Gasteiger charge is 2.18. The quantitative estimate of drug-likeness (QED) is 0.844. The van der Waals surface area contributed by atoms with Crippen LogP contribution in [0.3, 0.4) is 0 Å². The lowest BCUT2D eigenvalue weighted by molar-refractivity contribution is 0.0635. The van der Waals surface area contributed by atoms with Gasteiger partial charge in [0, 0.05) is 9.86 Å². The van der Waals surface area contributed by atoms with E-state index in [0.29, 0.717) is 5.82 Å². The van der Waals surface area contributed by atoms with Crippen LogP contribution in [0, 0.1) is 0 Å². The number of anilines is 1. The zero-order valence-electron chi connectivity index (χ0n) is 10.4. The molecule has 5 nitrogen and oxygen atoms in total. The summed E-state index contributed by atoms with van der Waals surface area (Å²) in [5.41, 5.74) is 0.320. The standard InChI is InChI=1S/C12H14BrN3O2/c1-12(2,3)18-11(17)14-10-8-6-7(13)4-5-9(8)15-16-10/h4-6H,1-3H3,(H2,14,15,16,17). The Morgan fingerprint density at radius 2 is 2.17 bits per heavy atom. The highest BCUT2D eigenvalue weighted by molar-refractivity contribution is 9.10. The number of rotatable bonds is 1. The smallest absolute Gasteiger partial charge is 0.413 e. The van der Waals surface area contributed by atoms with Crippen molar-refractivity contribution >= 4 is 38.7 Å². The van der Waals surface area contributed by atoms with Crippen molar-refractivity contribution in [3.8, 4) is 0 Å². The first-order valence-corrected chi connectivity index (χ1v) is 6.28. The molecular formula is C12H14BrN3O2. The molecule has 1 aromatic carbocycles. The number of hydrogen-bond acceptors (Lipinski definition) is 3. The largest absolute Gasteiger partial charge is 0.444 e. The first-order chi connectivity index (χ1) is 8.35. The average molecular weight is 312 g/mol. The second kappa shape index (κ2) is 4.61. The first kappa shape index (κ1) is 12.9. The van der Waals surface area contributed by atoms with Crippen molar-refractivity contribution < 1.29 is 9.53 Å². The van der Waals surface area contributed by atoms with Crippen molar-refractivity contribution in [1.82, 2.24) is 10.2 Å². The predicted molar refractivity (Wildman–Crippen MR) is 73.7 cm³/mol. The molecule has 1 heterocycles. The number of ether oxygens (including phenoxy) is 1. The van der Waals surface area contributed by atoms with Gasteiger partial charge in [-0.05, 0) is 39.0 Å². The number of aromatic nitrogens is 2. The monoisotopic (exact) mass is 311 g/mol. The molecule has 0 saturated carbocycles. The van der Waals surface area contributed by atoms with Crippen LogP contribution in [0.25, 0.3) is 10.9 Å². The Labute approximate surface area is 113 Å². The molecule has 0 aliphatic rings. The van der Waals surface area contributed by atoms with Crippen LogP contribution in [-0.4, -0.2) is 21.9 Å². The molecule has 2 aromatic rings. The molecule has 0 unspecified atom stereocenters. The van der Waals surface area contributed by atoms with Crippen LogP contribution in [0.1, 0.15) is 20.8 Å².